The molecular formula is C20H22N4. The molecule has 4 rings (SSSR count). The van der Waals surface area contributed by atoms with E-state index < -0.39 is 0 Å². The average Bonchev–Trinajstić information content (AvgIpc) is 3.10. The molecule has 4 nitrogen and oxygen atoms in total. The van der Waals surface area contributed by atoms with Gasteiger partial charge in [-0.2, -0.15) is 0 Å². The zero-order valence-corrected chi connectivity index (χ0v) is 13.9. The van der Waals surface area contributed by atoms with Gasteiger partial charge in [0.1, 0.15) is 0 Å². The third kappa shape index (κ3) is 2.97. The van der Waals surface area contributed by atoms with Gasteiger partial charge in [-0.05, 0) is 35.7 Å². The van der Waals surface area contributed by atoms with E-state index in [0.717, 1.165) is 25.5 Å². The SMILES string of the molecule is CC(NC1CCN(c2ncccn2)C1)c1cccc2ccccc12. The second kappa shape index (κ2) is 6.57. The molecule has 0 aliphatic carbocycles. The minimum absolute atomic E-state index is 0.317. The van der Waals surface area contributed by atoms with Crippen LogP contribution in [-0.4, -0.2) is 29.1 Å². The van der Waals surface area contributed by atoms with Crippen molar-refractivity contribution >= 4 is 16.7 Å². The highest BCUT2D eigenvalue weighted by molar-refractivity contribution is 5.86. The van der Waals surface area contributed by atoms with Crippen molar-refractivity contribution in [2.24, 2.45) is 0 Å². The van der Waals surface area contributed by atoms with E-state index in [2.05, 4.69) is 69.6 Å². The van der Waals surface area contributed by atoms with Crippen molar-refractivity contribution in [3.05, 3.63) is 66.5 Å². The van der Waals surface area contributed by atoms with Crippen molar-refractivity contribution < 1.29 is 0 Å². The molecule has 0 saturated carbocycles. The van der Waals surface area contributed by atoms with Crippen LogP contribution in [0.3, 0.4) is 0 Å². The van der Waals surface area contributed by atoms with E-state index in [1.165, 1.54) is 16.3 Å². The molecule has 2 atom stereocenters. The van der Waals surface area contributed by atoms with Crippen LogP contribution in [0.15, 0.2) is 60.9 Å². The summed E-state index contributed by atoms with van der Waals surface area (Å²) in [5.41, 5.74) is 1.36. The fraction of sp³-hybridized carbons (Fsp3) is 0.300. The molecule has 2 unspecified atom stereocenters. The Hall–Kier alpha value is -2.46. The summed E-state index contributed by atoms with van der Waals surface area (Å²) in [5.74, 6) is 0.833. The lowest BCUT2D eigenvalue weighted by molar-refractivity contribution is 0.483. The van der Waals surface area contributed by atoms with Gasteiger partial charge in [0.15, 0.2) is 0 Å². The van der Waals surface area contributed by atoms with E-state index in [0.29, 0.717) is 12.1 Å². The summed E-state index contributed by atoms with van der Waals surface area (Å²) in [7, 11) is 0. The lowest BCUT2D eigenvalue weighted by Crippen LogP contribution is -2.34. The first-order chi connectivity index (χ1) is 11.8. The van der Waals surface area contributed by atoms with Crippen molar-refractivity contribution in [1.29, 1.82) is 0 Å². The maximum Gasteiger partial charge on any atom is 0.225 e. The normalized spacial score (nSPS) is 18.9. The van der Waals surface area contributed by atoms with Crippen LogP contribution >= 0.6 is 0 Å². The van der Waals surface area contributed by atoms with E-state index in [4.69, 9.17) is 0 Å². The molecule has 1 aliphatic heterocycles. The molecule has 3 aromatic rings. The van der Waals surface area contributed by atoms with Crippen molar-refractivity contribution in [2.45, 2.75) is 25.4 Å². The summed E-state index contributed by atoms with van der Waals surface area (Å²) in [6, 6.07) is 17.8. The summed E-state index contributed by atoms with van der Waals surface area (Å²) in [5, 5.41) is 6.42. The van der Waals surface area contributed by atoms with Gasteiger partial charge in [-0.1, -0.05) is 42.5 Å². The number of rotatable bonds is 4. The number of hydrogen-bond acceptors (Lipinski definition) is 4. The third-order valence-electron chi connectivity index (χ3n) is 4.80. The highest BCUT2D eigenvalue weighted by atomic mass is 15.3. The summed E-state index contributed by atoms with van der Waals surface area (Å²) >= 11 is 0. The van der Waals surface area contributed by atoms with Crippen molar-refractivity contribution in [3.8, 4) is 0 Å². The highest BCUT2D eigenvalue weighted by Gasteiger charge is 2.25. The standard InChI is InChI=1S/C20H22N4/c1-15(18-9-4-7-16-6-2-3-8-19(16)18)23-17-10-13-24(14-17)20-21-11-5-12-22-20/h2-9,11-12,15,17,23H,10,13-14H2,1H3. The van der Waals surface area contributed by atoms with Crippen molar-refractivity contribution in [3.63, 3.8) is 0 Å². The molecule has 1 N–H and O–H groups in total. The quantitative estimate of drug-likeness (QED) is 0.798. The Labute approximate surface area is 142 Å². The average molecular weight is 318 g/mol. The van der Waals surface area contributed by atoms with Gasteiger partial charge in [-0.3, -0.25) is 0 Å². The molecule has 1 fully saturated rings. The van der Waals surface area contributed by atoms with E-state index in [1.54, 1.807) is 0 Å². The molecule has 0 amide bonds. The van der Waals surface area contributed by atoms with Crippen LogP contribution < -0.4 is 10.2 Å². The third-order valence-corrected chi connectivity index (χ3v) is 4.80. The molecule has 2 heterocycles. The molecule has 0 bridgehead atoms. The maximum absolute atomic E-state index is 4.36. The molecule has 2 aromatic carbocycles. The number of hydrogen-bond donors (Lipinski definition) is 1. The lowest BCUT2D eigenvalue weighted by atomic mass is 9.99. The summed E-state index contributed by atoms with van der Waals surface area (Å²) in [4.78, 5) is 11.0. The van der Waals surface area contributed by atoms with Crippen molar-refractivity contribution in [2.75, 3.05) is 18.0 Å². The molecular weight excluding hydrogens is 296 g/mol. The number of anilines is 1. The molecule has 122 valence electrons. The Morgan fingerprint density at radius 3 is 2.71 bits per heavy atom. The molecule has 0 radical (unpaired) electrons. The molecule has 1 aromatic heterocycles. The Balaban J connectivity index is 1.48. The zero-order chi connectivity index (χ0) is 16.4. The molecule has 4 heteroatoms. The monoisotopic (exact) mass is 318 g/mol. The largest absolute Gasteiger partial charge is 0.339 e. The summed E-state index contributed by atoms with van der Waals surface area (Å²) in [6.07, 6.45) is 4.73. The van der Waals surface area contributed by atoms with Crippen LogP contribution in [0.5, 0.6) is 0 Å². The van der Waals surface area contributed by atoms with Gasteiger partial charge in [0.05, 0.1) is 0 Å². The van der Waals surface area contributed by atoms with Crippen LogP contribution in [0, 0.1) is 0 Å². The van der Waals surface area contributed by atoms with Crippen LogP contribution in [-0.2, 0) is 0 Å². The van der Waals surface area contributed by atoms with Gasteiger partial charge in [-0.25, -0.2) is 9.97 Å². The van der Waals surface area contributed by atoms with Gasteiger partial charge < -0.3 is 10.2 Å². The fourth-order valence-electron chi connectivity index (χ4n) is 3.60. The Morgan fingerprint density at radius 1 is 1.04 bits per heavy atom. The first-order valence-electron chi connectivity index (χ1n) is 8.57. The molecule has 1 saturated heterocycles. The first-order valence-corrected chi connectivity index (χ1v) is 8.57. The smallest absolute Gasteiger partial charge is 0.225 e. The zero-order valence-electron chi connectivity index (χ0n) is 13.9. The number of fused-ring (bicyclic) bond motifs is 1. The van der Waals surface area contributed by atoms with Gasteiger partial charge in [0.25, 0.3) is 0 Å². The molecule has 1 aliphatic rings. The fourth-order valence-corrected chi connectivity index (χ4v) is 3.60. The summed E-state index contributed by atoms with van der Waals surface area (Å²) < 4.78 is 0. The van der Waals surface area contributed by atoms with Gasteiger partial charge >= 0.3 is 0 Å². The van der Waals surface area contributed by atoms with E-state index in [9.17, 15) is 0 Å². The number of nitrogens with zero attached hydrogens (tertiary/aromatic N) is 3. The van der Waals surface area contributed by atoms with Crippen LogP contribution in [0.1, 0.15) is 24.9 Å². The number of nitrogens with one attached hydrogen (secondary N) is 1. The maximum atomic E-state index is 4.36. The minimum Gasteiger partial charge on any atom is -0.339 e. The predicted octanol–water partition coefficient (Wildman–Crippen LogP) is 3.56. The van der Waals surface area contributed by atoms with Gasteiger partial charge in [0, 0.05) is 37.6 Å². The van der Waals surface area contributed by atoms with Crippen LogP contribution in [0.25, 0.3) is 10.8 Å². The molecule has 24 heavy (non-hydrogen) atoms. The van der Waals surface area contributed by atoms with E-state index >= 15 is 0 Å². The van der Waals surface area contributed by atoms with Crippen LogP contribution in [0.2, 0.25) is 0 Å². The van der Waals surface area contributed by atoms with Gasteiger partial charge in [-0.15, -0.1) is 0 Å². The second-order valence-corrected chi connectivity index (χ2v) is 6.44. The van der Waals surface area contributed by atoms with E-state index in [1.807, 2.05) is 18.5 Å². The van der Waals surface area contributed by atoms with E-state index in [-0.39, 0.29) is 0 Å². The first kappa shape index (κ1) is 15.1. The number of benzene rings is 2. The lowest BCUT2D eigenvalue weighted by Gasteiger charge is -2.22. The highest BCUT2D eigenvalue weighted by Crippen LogP contribution is 2.25. The predicted molar refractivity (Wildman–Crippen MR) is 98.1 cm³/mol. The van der Waals surface area contributed by atoms with Gasteiger partial charge in [0.2, 0.25) is 5.95 Å². The minimum atomic E-state index is 0.317. The second-order valence-electron chi connectivity index (χ2n) is 6.44. The molecule has 0 spiro atoms. The Morgan fingerprint density at radius 2 is 1.83 bits per heavy atom. The number of aromatic nitrogens is 2. The Kier molecular flexibility index (Phi) is 4.13. The van der Waals surface area contributed by atoms with Crippen molar-refractivity contribution in [1.82, 2.24) is 15.3 Å². The Bertz CT molecular complexity index is 813. The van der Waals surface area contributed by atoms with Crippen LogP contribution in [0.4, 0.5) is 5.95 Å². The topological polar surface area (TPSA) is 41.0 Å². The summed E-state index contributed by atoms with van der Waals surface area (Å²) in [6.45, 7) is 4.21.